The molecule has 27 heavy (non-hydrogen) atoms. The van der Waals surface area contributed by atoms with E-state index in [0.717, 1.165) is 19.3 Å². The molecule has 2 aromatic rings. The minimum atomic E-state index is -0.405. The zero-order valence-corrected chi connectivity index (χ0v) is 15.5. The molecule has 0 bridgehead atoms. The number of hydrogen-bond acceptors (Lipinski definition) is 3. The van der Waals surface area contributed by atoms with Gasteiger partial charge >= 0.3 is 0 Å². The average Bonchev–Trinajstić information content (AvgIpc) is 2.68. The number of hydrogen-bond donors (Lipinski definition) is 1. The van der Waals surface area contributed by atoms with Crippen LogP contribution < -0.4 is 0 Å². The van der Waals surface area contributed by atoms with E-state index >= 15 is 0 Å². The number of rotatable bonds is 5. The maximum Gasteiger partial charge on any atom is 0.254 e. The first-order valence-corrected chi connectivity index (χ1v) is 9.34. The molecule has 1 atom stereocenters. The Morgan fingerprint density at radius 3 is 2.48 bits per heavy atom. The summed E-state index contributed by atoms with van der Waals surface area (Å²) in [7, 11) is 0. The topological polar surface area (TPSA) is 57.6 Å². The van der Waals surface area contributed by atoms with Crippen LogP contribution in [0.5, 0.6) is 0 Å². The summed E-state index contributed by atoms with van der Waals surface area (Å²) in [6, 6.07) is 11.2. The molecule has 1 N–H and O–H groups in total. The Balaban J connectivity index is 1.84. The number of aliphatic hydroxyl groups excluding tert-OH is 1. The fraction of sp³-hybridized carbons (Fsp3) is 0.364. The van der Waals surface area contributed by atoms with Crippen LogP contribution in [0.3, 0.4) is 0 Å². The maximum absolute atomic E-state index is 14.2. The number of carbonyl (C=O) groups excluding carboxylic acids is 2. The van der Waals surface area contributed by atoms with E-state index < -0.39 is 5.82 Å². The van der Waals surface area contributed by atoms with Gasteiger partial charge in [-0.1, -0.05) is 12.1 Å². The number of piperidine rings is 1. The predicted molar refractivity (Wildman–Crippen MR) is 102 cm³/mol. The monoisotopic (exact) mass is 369 g/mol. The second-order valence-corrected chi connectivity index (χ2v) is 6.99. The largest absolute Gasteiger partial charge is 0.396 e. The molecule has 5 heteroatoms. The van der Waals surface area contributed by atoms with Crippen molar-refractivity contribution in [1.82, 2.24) is 4.90 Å². The molecule has 142 valence electrons. The van der Waals surface area contributed by atoms with Gasteiger partial charge in [0.15, 0.2) is 5.78 Å². The average molecular weight is 369 g/mol. The number of benzene rings is 2. The van der Waals surface area contributed by atoms with E-state index in [1.165, 1.54) is 25.1 Å². The summed E-state index contributed by atoms with van der Waals surface area (Å²) in [6.07, 6.45) is 3.54. The van der Waals surface area contributed by atoms with E-state index in [9.17, 15) is 19.1 Å². The SMILES string of the molecule is CC(=O)c1ccc(F)c(-c2ccc(C(=O)N3CCCC[C@@H]3CCO)cc2)c1. The van der Waals surface area contributed by atoms with Crippen molar-refractivity contribution in [2.45, 2.75) is 38.6 Å². The second kappa shape index (κ2) is 8.44. The van der Waals surface area contributed by atoms with Crippen molar-refractivity contribution in [3.63, 3.8) is 0 Å². The molecular weight excluding hydrogens is 345 g/mol. The standard InChI is InChI=1S/C22H24FNO3/c1-15(26)18-9-10-21(23)20(14-18)16-5-7-17(8-6-16)22(27)24-12-3-2-4-19(24)11-13-25/h5-10,14,19,25H,2-4,11-13H2,1H3/t19-/m1/s1. The summed E-state index contributed by atoms with van der Waals surface area (Å²) in [4.78, 5) is 26.3. The number of amides is 1. The fourth-order valence-corrected chi connectivity index (χ4v) is 3.64. The van der Waals surface area contributed by atoms with Gasteiger partial charge < -0.3 is 10.0 Å². The van der Waals surface area contributed by atoms with E-state index in [4.69, 9.17) is 0 Å². The smallest absolute Gasteiger partial charge is 0.254 e. The maximum atomic E-state index is 14.2. The van der Waals surface area contributed by atoms with Gasteiger partial charge in [-0.15, -0.1) is 0 Å². The Bertz CT molecular complexity index is 830. The van der Waals surface area contributed by atoms with Crippen LogP contribution in [0.1, 0.15) is 53.3 Å². The molecule has 0 unspecified atom stereocenters. The zero-order chi connectivity index (χ0) is 19.4. The first kappa shape index (κ1) is 19.2. The Kier molecular flexibility index (Phi) is 6.01. The Hall–Kier alpha value is -2.53. The number of likely N-dealkylation sites (tertiary alicyclic amines) is 1. The van der Waals surface area contributed by atoms with Crippen molar-refractivity contribution < 1.29 is 19.1 Å². The van der Waals surface area contributed by atoms with Gasteiger partial charge in [-0.25, -0.2) is 4.39 Å². The van der Waals surface area contributed by atoms with Crippen LogP contribution in [-0.4, -0.2) is 40.9 Å². The van der Waals surface area contributed by atoms with Crippen LogP contribution in [0.15, 0.2) is 42.5 Å². The molecule has 1 amide bonds. The van der Waals surface area contributed by atoms with Gasteiger partial charge in [0, 0.05) is 35.9 Å². The molecule has 1 saturated heterocycles. The molecule has 0 radical (unpaired) electrons. The zero-order valence-electron chi connectivity index (χ0n) is 15.5. The minimum absolute atomic E-state index is 0.0577. The number of nitrogens with zero attached hydrogens (tertiary/aromatic N) is 1. The quantitative estimate of drug-likeness (QED) is 0.808. The highest BCUT2D eigenvalue weighted by molar-refractivity contribution is 5.96. The van der Waals surface area contributed by atoms with E-state index in [-0.39, 0.29) is 24.3 Å². The fourth-order valence-electron chi connectivity index (χ4n) is 3.64. The molecule has 1 aliphatic rings. The molecule has 0 aromatic heterocycles. The van der Waals surface area contributed by atoms with E-state index in [1.807, 2.05) is 4.90 Å². The summed E-state index contributed by atoms with van der Waals surface area (Å²) in [6.45, 7) is 2.21. The lowest BCUT2D eigenvalue weighted by Crippen LogP contribution is -2.44. The molecule has 1 heterocycles. The summed E-state index contributed by atoms with van der Waals surface area (Å²) in [5.74, 6) is -0.584. The Morgan fingerprint density at radius 1 is 1.11 bits per heavy atom. The van der Waals surface area contributed by atoms with Crippen LogP contribution in [0.2, 0.25) is 0 Å². The van der Waals surface area contributed by atoms with Crippen LogP contribution in [-0.2, 0) is 0 Å². The predicted octanol–water partition coefficient (Wildman–Crippen LogP) is 4.07. The van der Waals surface area contributed by atoms with Gasteiger partial charge in [0.1, 0.15) is 5.82 Å². The van der Waals surface area contributed by atoms with E-state index in [0.29, 0.717) is 35.2 Å². The van der Waals surface area contributed by atoms with Gasteiger partial charge in [-0.3, -0.25) is 9.59 Å². The van der Waals surface area contributed by atoms with Gasteiger partial charge in [0.05, 0.1) is 0 Å². The summed E-state index contributed by atoms with van der Waals surface area (Å²) < 4.78 is 14.2. The van der Waals surface area contributed by atoms with Gasteiger partial charge in [-0.05, 0) is 68.5 Å². The van der Waals surface area contributed by atoms with Gasteiger partial charge in [0.2, 0.25) is 0 Å². The van der Waals surface area contributed by atoms with Crippen molar-refractivity contribution in [3.8, 4) is 11.1 Å². The third-order valence-electron chi connectivity index (χ3n) is 5.17. The molecule has 2 aromatic carbocycles. The van der Waals surface area contributed by atoms with Crippen LogP contribution >= 0.6 is 0 Å². The Morgan fingerprint density at radius 2 is 1.81 bits per heavy atom. The van der Waals surface area contributed by atoms with Crippen LogP contribution in [0, 0.1) is 5.82 Å². The first-order valence-electron chi connectivity index (χ1n) is 9.34. The lowest BCUT2D eigenvalue weighted by atomic mass is 9.97. The molecular formula is C22H24FNO3. The second-order valence-electron chi connectivity index (χ2n) is 6.99. The number of Topliss-reactive ketones (excluding diaryl/α,β-unsaturated/α-hetero) is 1. The normalized spacial score (nSPS) is 17.0. The van der Waals surface area contributed by atoms with Crippen molar-refractivity contribution in [3.05, 3.63) is 59.4 Å². The molecule has 1 aliphatic heterocycles. The molecule has 0 aliphatic carbocycles. The number of halogens is 1. The summed E-state index contributed by atoms with van der Waals surface area (Å²) >= 11 is 0. The van der Waals surface area contributed by atoms with E-state index in [1.54, 1.807) is 24.3 Å². The van der Waals surface area contributed by atoms with Crippen molar-refractivity contribution in [2.75, 3.05) is 13.2 Å². The minimum Gasteiger partial charge on any atom is -0.396 e. The highest BCUT2D eigenvalue weighted by atomic mass is 19.1. The first-order chi connectivity index (χ1) is 13.0. The van der Waals surface area contributed by atoms with Crippen LogP contribution in [0.4, 0.5) is 4.39 Å². The number of aliphatic hydroxyl groups is 1. The molecule has 1 fully saturated rings. The van der Waals surface area contributed by atoms with Crippen molar-refractivity contribution >= 4 is 11.7 Å². The third kappa shape index (κ3) is 4.25. The van der Waals surface area contributed by atoms with Gasteiger partial charge in [-0.2, -0.15) is 0 Å². The van der Waals surface area contributed by atoms with Crippen LogP contribution in [0.25, 0.3) is 11.1 Å². The van der Waals surface area contributed by atoms with Crippen molar-refractivity contribution in [2.24, 2.45) is 0 Å². The lowest BCUT2D eigenvalue weighted by Gasteiger charge is -2.35. The highest BCUT2D eigenvalue weighted by Gasteiger charge is 2.27. The van der Waals surface area contributed by atoms with E-state index in [2.05, 4.69) is 0 Å². The molecule has 0 spiro atoms. The Labute approximate surface area is 158 Å². The molecule has 3 rings (SSSR count). The third-order valence-corrected chi connectivity index (χ3v) is 5.17. The lowest BCUT2D eigenvalue weighted by molar-refractivity contribution is 0.0574. The summed E-state index contributed by atoms with van der Waals surface area (Å²) in [5.41, 5.74) is 1.97. The van der Waals surface area contributed by atoms with Crippen molar-refractivity contribution in [1.29, 1.82) is 0 Å². The molecule has 0 saturated carbocycles. The van der Waals surface area contributed by atoms with Gasteiger partial charge in [0.25, 0.3) is 5.91 Å². The number of ketones is 1. The molecule has 4 nitrogen and oxygen atoms in total. The highest BCUT2D eigenvalue weighted by Crippen LogP contribution is 2.26. The number of carbonyl (C=O) groups is 2. The summed E-state index contributed by atoms with van der Waals surface area (Å²) in [5, 5.41) is 9.24.